The lowest BCUT2D eigenvalue weighted by molar-refractivity contribution is -0.160. The molecular weight excluding hydrogens is 343 g/mol. The largest absolute Gasteiger partial charge is 0.463 e. The highest BCUT2D eigenvalue weighted by Gasteiger charge is 2.63. The molecule has 0 amide bonds. The Morgan fingerprint density at radius 2 is 1.81 bits per heavy atom. The van der Waals surface area contributed by atoms with Crippen LogP contribution in [0.3, 0.4) is 0 Å². The molecule has 27 heavy (non-hydrogen) atoms. The quantitative estimate of drug-likeness (QED) is 0.572. The van der Waals surface area contributed by atoms with E-state index in [1.54, 1.807) is 0 Å². The molecule has 0 aromatic rings. The highest BCUT2D eigenvalue weighted by Crippen LogP contribution is 2.68. The summed E-state index contributed by atoms with van der Waals surface area (Å²) in [5.74, 6) is 1.42. The predicted octanol–water partition coefficient (Wildman–Crippen LogP) is 2.98. The van der Waals surface area contributed by atoms with Crippen LogP contribution in [0.4, 0.5) is 0 Å². The fourth-order valence-electron chi connectivity index (χ4n) is 7.81. The minimum atomic E-state index is -1.35. The van der Waals surface area contributed by atoms with Crippen molar-refractivity contribution in [3.63, 3.8) is 0 Å². The molecule has 0 saturated heterocycles. The van der Waals surface area contributed by atoms with Crippen molar-refractivity contribution in [3.05, 3.63) is 0 Å². The zero-order chi connectivity index (χ0) is 19.6. The third-order valence-electron chi connectivity index (χ3n) is 9.14. The second-order valence-corrected chi connectivity index (χ2v) is 10.2. The summed E-state index contributed by atoms with van der Waals surface area (Å²) in [6.07, 6.45) is 6.88. The van der Waals surface area contributed by atoms with Crippen LogP contribution in [0.5, 0.6) is 0 Å². The molecule has 0 aromatic heterocycles. The van der Waals surface area contributed by atoms with E-state index in [2.05, 4.69) is 13.8 Å². The fourth-order valence-corrected chi connectivity index (χ4v) is 7.81. The van der Waals surface area contributed by atoms with E-state index in [1.165, 1.54) is 6.92 Å². The second kappa shape index (κ2) is 6.58. The first kappa shape index (κ1) is 19.4. The summed E-state index contributed by atoms with van der Waals surface area (Å²) in [4.78, 5) is 24.0. The van der Waals surface area contributed by atoms with Crippen LogP contribution in [-0.2, 0) is 14.3 Å². The SMILES string of the molecule is CC(=O)O[C@H]1CC[C@@]2(C)C(C1)[C@@H](B(O)O)C[C@@H]1[C@@H]2CC[C@]2(C)C(=O)CC[C@@H]12. The molecule has 0 radical (unpaired) electrons. The zero-order valence-electron chi connectivity index (χ0n) is 16.8. The number of carbonyl (C=O) groups excluding carboxylic acids is 2. The standard InChI is InChI=1S/C21H33BO5/c1-12(23)27-13-6-8-20(2)16-7-9-21(3)15(4-5-19(21)24)14(16)11-18(22(25)26)17(20)10-13/h13-18,25-26H,4-11H2,1-3H3/t13-,14-,15-,16-,17?,18-,20+,21-/m0/s1. The average molecular weight is 376 g/mol. The summed E-state index contributed by atoms with van der Waals surface area (Å²) in [6.45, 7) is 5.93. The van der Waals surface area contributed by atoms with Crippen LogP contribution in [0.15, 0.2) is 0 Å². The van der Waals surface area contributed by atoms with E-state index in [4.69, 9.17) is 4.74 Å². The van der Waals surface area contributed by atoms with Gasteiger partial charge < -0.3 is 14.8 Å². The predicted molar refractivity (Wildman–Crippen MR) is 102 cm³/mol. The van der Waals surface area contributed by atoms with E-state index in [-0.39, 0.29) is 34.6 Å². The summed E-state index contributed by atoms with van der Waals surface area (Å²) in [7, 11) is -1.35. The Morgan fingerprint density at radius 3 is 2.48 bits per heavy atom. The van der Waals surface area contributed by atoms with Crippen molar-refractivity contribution in [2.75, 3.05) is 0 Å². The van der Waals surface area contributed by atoms with Crippen molar-refractivity contribution in [2.45, 2.75) is 84.1 Å². The first-order valence-corrected chi connectivity index (χ1v) is 10.7. The Morgan fingerprint density at radius 1 is 1.07 bits per heavy atom. The molecule has 4 rings (SSSR count). The van der Waals surface area contributed by atoms with E-state index < -0.39 is 7.12 Å². The minimum absolute atomic E-state index is 0.0287. The molecule has 4 fully saturated rings. The van der Waals surface area contributed by atoms with Gasteiger partial charge in [-0.15, -0.1) is 0 Å². The van der Waals surface area contributed by atoms with Gasteiger partial charge in [0, 0.05) is 18.8 Å². The molecule has 6 heteroatoms. The van der Waals surface area contributed by atoms with E-state index in [9.17, 15) is 19.6 Å². The minimum Gasteiger partial charge on any atom is -0.463 e. The summed E-state index contributed by atoms with van der Waals surface area (Å²) >= 11 is 0. The van der Waals surface area contributed by atoms with Crippen LogP contribution in [0.1, 0.15) is 72.1 Å². The number of Topliss-reactive ketones (excluding diaryl/α,β-unsaturated/α-hetero) is 1. The Labute approximate surface area is 162 Å². The maximum atomic E-state index is 12.6. The summed E-state index contributed by atoms with van der Waals surface area (Å²) in [6, 6.07) is 0. The average Bonchev–Trinajstić information content (AvgIpc) is 2.89. The lowest BCUT2D eigenvalue weighted by Crippen LogP contribution is -2.57. The second-order valence-electron chi connectivity index (χ2n) is 10.2. The Balaban J connectivity index is 1.65. The number of carbonyl (C=O) groups is 2. The summed E-state index contributed by atoms with van der Waals surface area (Å²) < 4.78 is 5.50. The molecule has 150 valence electrons. The molecule has 1 unspecified atom stereocenters. The first-order chi connectivity index (χ1) is 12.7. The normalized spacial score (nSPS) is 49.0. The fraction of sp³-hybridized carbons (Fsp3) is 0.905. The van der Waals surface area contributed by atoms with E-state index in [1.807, 2.05) is 0 Å². The molecule has 4 saturated carbocycles. The molecule has 5 nitrogen and oxygen atoms in total. The van der Waals surface area contributed by atoms with Gasteiger partial charge in [-0.1, -0.05) is 13.8 Å². The third kappa shape index (κ3) is 2.90. The Kier molecular flexibility index (Phi) is 4.74. The number of rotatable bonds is 2. The highest BCUT2D eigenvalue weighted by molar-refractivity contribution is 6.43. The molecule has 0 aliphatic heterocycles. The van der Waals surface area contributed by atoms with Crippen LogP contribution in [0.25, 0.3) is 0 Å². The molecule has 0 bridgehead atoms. The number of ketones is 1. The van der Waals surface area contributed by atoms with Gasteiger partial charge in [-0.25, -0.2) is 0 Å². The van der Waals surface area contributed by atoms with Crippen LogP contribution in [0.2, 0.25) is 5.82 Å². The molecule has 0 aromatic carbocycles. The van der Waals surface area contributed by atoms with Crippen molar-refractivity contribution >= 4 is 18.9 Å². The van der Waals surface area contributed by atoms with Gasteiger partial charge >= 0.3 is 13.1 Å². The highest BCUT2D eigenvalue weighted by atomic mass is 16.5. The lowest BCUT2D eigenvalue weighted by Gasteiger charge is -2.62. The van der Waals surface area contributed by atoms with Gasteiger partial charge in [0.05, 0.1) is 0 Å². The van der Waals surface area contributed by atoms with Crippen LogP contribution < -0.4 is 0 Å². The summed E-state index contributed by atoms with van der Waals surface area (Å²) in [5.41, 5.74) is -0.175. The number of hydrogen-bond donors (Lipinski definition) is 2. The Hall–Kier alpha value is -0.875. The number of fused-ring (bicyclic) bond motifs is 5. The van der Waals surface area contributed by atoms with Crippen LogP contribution >= 0.6 is 0 Å². The maximum absolute atomic E-state index is 12.6. The van der Waals surface area contributed by atoms with Gasteiger partial charge in [-0.2, -0.15) is 0 Å². The number of hydrogen-bond acceptors (Lipinski definition) is 5. The monoisotopic (exact) mass is 376 g/mol. The van der Waals surface area contributed by atoms with Gasteiger partial charge in [0.25, 0.3) is 0 Å². The van der Waals surface area contributed by atoms with Gasteiger partial charge in [0.2, 0.25) is 0 Å². The van der Waals surface area contributed by atoms with Gasteiger partial charge in [0.15, 0.2) is 0 Å². The third-order valence-corrected chi connectivity index (χ3v) is 9.14. The number of esters is 1. The topological polar surface area (TPSA) is 83.8 Å². The molecule has 0 spiro atoms. The van der Waals surface area contributed by atoms with E-state index in [0.717, 1.165) is 44.9 Å². The van der Waals surface area contributed by atoms with Gasteiger partial charge in [0.1, 0.15) is 11.9 Å². The van der Waals surface area contributed by atoms with Gasteiger partial charge in [-0.05, 0) is 79.8 Å². The van der Waals surface area contributed by atoms with Crippen LogP contribution in [-0.4, -0.2) is 35.0 Å². The van der Waals surface area contributed by atoms with Crippen molar-refractivity contribution in [1.29, 1.82) is 0 Å². The van der Waals surface area contributed by atoms with Crippen LogP contribution in [0, 0.1) is 34.5 Å². The van der Waals surface area contributed by atoms with Crippen molar-refractivity contribution in [2.24, 2.45) is 34.5 Å². The molecule has 2 N–H and O–H groups in total. The lowest BCUT2D eigenvalue weighted by atomic mass is 9.39. The molecule has 4 aliphatic carbocycles. The summed E-state index contributed by atoms with van der Waals surface area (Å²) in [5, 5.41) is 20.5. The zero-order valence-corrected chi connectivity index (χ0v) is 16.8. The number of ether oxygens (including phenoxy) is 1. The van der Waals surface area contributed by atoms with E-state index in [0.29, 0.717) is 30.0 Å². The molecule has 0 heterocycles. The van der Waals surface area contributed by atoms with Crippen molar-refractivity contribution < 1.29 is 24.4 Å². The molecular formula is C21H33BO5. The van der Waals surface area contributed by atoms with E-state index >= 15 is 0 Å². The first-order valence-electron chi connectivity index (χ1n) is 10.7. The van der Waals surface area contributed by atoms with Crippen molar-refractivity contribution in [3.8, 4) is 0 Å². The molecule has 4 aliphatic rings. The van der Waals surface area contributed by atoms with Crippen molar-refractivity contribution in [1.82, 2.24) is 0 Å². The van der Waals surface area contributed by atoms with Gasteiger partial charge in [-0.3, -0.25) is 9.59 Å². The Bertz CT molecular complexity index is 636. The smallest absolute Gasteiger partial charge is 0.455 e. The molecule has 8 atom stereocenters. The maximum Gasteiger partial charge on any atom is 0.455 e.